The molecule has 2 bridgehead atoms. The largest absolute Gasteiger partial charge is 0.506 e. The number of fused-ring (bicyclic) bond motifs is 2. The first-order chi connectivity index (χ1) is 10.2. The highest BCUT2D eigenvalue weighted by Gasteiger charge is 2.62. The van der Waals surface area contributed by atoms with Crippen LogP contribution in [0.3, 0.4) is 0 Å². The number of benzene rings is 1. The van der Waals surface area contributed by atoms with Crippen LogP contribution in [-0.2, 0) is 6.54 Å². The highest BCUT2D eigenvalue weighted by atomic mass is 35.5. The molecule has 22 heavy (non-hydrogen) atoms. The highest BCUT2D eigenvalue weighted by molar-refractivity contribution is 6.35. The zero-order valence-corrected chi connectivity index (χ0v) is 15.3. The number of rotatable bonds is 3. The second-order valence-electron chi connectivity index (χ2n) is 7.94. The molecule has 2 saturated carbocycles. The molecule has 0 heterocycles. The average molecular weight is 342 g/mol. The molecule has 1 aromatic rings. The Morgan fingerprint density at radius 1 is 1.27 bits per heavy atom. The Kier molecular flexibility index (Phi) is 3.95. The zero-order valence-electron chi connectivity index (χ0n) is 13.8. The fraction of sp³-hybridized carbons (Fsp3) is 0.667. The minimum absolute atomic E-state index is 0.158. The van der Waals surface area contributed by atoms with Crippen LogP contribution in [0.4, 0.5) is 0 Å². The molecule has 0 aromatic heterocycles. The van der Waals surface area contributed by atoms with Gasteiger partial charge in [-0.3, -0.25) is 4.90 Å². The minimum Gasteiger partial charge on any atom is -0.506 e. The molecule has 0 spiro atoms. The van der Waals surface area contributed by atoms with E-state index >= 15 is 0 Å². The molecule has 3 atom stereocenters. The summed E-state index contributed by atoms with van der Waals surface area (Å²) in [6, 6.07) is 3.95. The van der Waals surface area contributed by atoms with E-state index in [1.807, 2.05) is 6.07 Å². The van der Waals surface area contributed by atoms with Gasteiger partial charge in [-0.15, -0.1) is 0 Å². The molecule has 2 aliphatic carbocycles. The van der Waals surface area contributed by atoms with Crippen molar-refractivity contribution in [3.05, 3.63) is 27.7 Å². The lowest BCUT2D eigenvalue weighted by atomic mass is 9.69. The van der Waals surface area contributed by atoms with Gasteiger partial charge in [0.25, 0.3) is 0 Å². The van der Waals surface area contributed by atoms with E-state index < -0.39 is 0 Å². The summed E-state index contributed by atoms with van der Waals surface area (Å²) >= 11 is 12.1. The quantitative estimate of drug-likeness (QED) is 0.801. The van der Waals surface area contributed by atoms with Crippen LogP contribution in [0.2, 0.25) is 10.0 Å². The lowest BCUT2D eigenvalue weighted by molar-refractivity contribution is 0.0538. The van der Waals surface area contributed by atoms with Gasteiger partial charge in [0.15, 0.2) is 0 Å². The highest BCUT2D eigenvalue weighted by Crippen LogP contribution is 2.66. The standard InChI is InChI=1S/C18H25Cl2NO/c1-17(2)12-5-6-18(17,3)15(8-12)21(4)10-11-7-13(19)9-14(20)16(11)22/h7,9,12,15,22H,5-6,8,10H2,1-4H3. The summed E-state index contributed by atoms with van der Waals surface area (Å²) in [6.45, 7) is 7.96. The third kappa shape index (κ3) is 2.26. The molecule has 2 fully saturated rings. The van der Waals surface area contributed by atoms with Gasteiger partial charge in [0.1, 0.15) is 5.75 Å². The topological polar surface area (TPSA) is 23.5 Å². The van der Waals surface area contributed by atoms with E-state index in [-0.39, 0.29) is 5.75 Å². The third-order valence-corrected chi connectivity index (χ3v) is 7.31. The Balaban J connectivity index is 1.84. The van der Waals surface area contributed by atoms with Gasteiger partial charge in [-0.25, -0.2) is 0 Å². The van der Waals surface area contributed by atoms with Crippen molar-refractivity contribution in [3.8, 4) is 5.75 Å². The molecule has 2 nitrogen and oxygen atoms in total. The summed E-state index contributed by atoms with van der Waals surface area (Å²) in [5.74, 6) is 0.965. The maximum atomic E-state index is 10.2. The summed E-state index contributed by atoms with van der Waals surface area (Å²) < 4.78 is 0. The van der Waals surface area contributed by atoms with Crippen LogP contribution < -0.4 is 0 Å². The predicted molar refractivity (Wildman–Crippen MR) is 92.6 cm³/mol. The smallest absolute Gasteiger partial charge is 0.138 e. The first kappa shape index (κ1) is 16.4. The summed E-state index contributed by atoms with van der Waals surface area (Å²) in [4.78, 5) is 2.38. The second kappa shape index (κ2) is 5.29. The fourth-order valence-electron chi connectivity index (χ4n) is 4.95. The zero-order chi connectivity index (χ0) is 16.3. The van der Waals surface area contributed by atoms with Crippen LogP contribution in [-0.4, -0.2) is 23.1 Å². The Morgan fingerprint density at radius 3 is 2.50 bits per heavy atom. The molecule has 0 saturated heterocycles. The van der Waals surface area contributed by atoms with Crippen molar-refractivity contribution in [3.63, 3.8) is 0 Å². The van der Waals surface area contributed by atoms with Crippen LogP contribution >= 0.6 is 23.2 Å². The third-order valence-electron chi connectivity index (χ3n) is 6.81. The Bertz CT molecular complexity index is 601. The van der Waals surface area contributed by atoms with Crippen molar-refractivity contribution in [2.45, 2.75) is 52.6 Å². The van der Waals surface area contributed by atoms with Crippen LogP contribution in [0.1, 0.15) is 45.6 Å². The van der Waals surface area contributed by atoms with Gasteiger partial charge in [0.05, 0.1) is 5.02 Å². The molecule has 1 N–H and O–H groups in total. The van der Waals surface area contributed by atoms with E-state index in [2.05, 4.69) is 32.7 Å². The number of phenolic OH excluding ortho intramolecular Hbond substituents is 1. The minimum atomic E-state index is 0.158. The number of halogens is 2. The van der Waals surface area contributed by atoms with Crippen molar-refractivity contribution < 1.29 is 5.11 Å². The van der Waals surface area contributed by atoms with Crippen LogP contribution in [0.25, 0.3) is 0 Å². The van der Waals surface area contributed by atoms with Crippen LogP contribution in [0.15, 0.2) is 12.1 Å². The molecule has 2 aliphatic rings. The van der Waals surface area contributed by atoms with E-state index in [0.29, 0.717) is 33.5 Å². The van der Waals surface area contributed by atoms with Crippen molar-refractivity contribution >= 4 is 23.2 Å². The van der Waals surface area contributed by atoms with Gasteiger partial charge >= 0.3 is 0 Å². The second-order valence-corrected chi connectivity index (χ2v) is 8.78. The lowest BCUT2D eigenvalue weighted by Crippen LogP contribution is -2.45. The van der Waals surface area contributed by atoms with Gasteiger partial charge in [0, 0.05) is 23.2 Å². The molecule has 0 aliphatic heterocycles. The molecule has 4 heteroatoms. The van der Waals surface area contributed by atoms with Gasteiger partial charge in [-0.1, -0.05) is 44.0 Å². The van der Waals surface area contributed by atoms with Crippen LogP contribution in [0, 0.1) is 16.7 Å². The molecule has 3 rings (SSSR count). The SMILES string of the molecule is CN(Cc1cc(Cl)cc(Cl)c1O)C1CC2CCC1(C)C2(C)C. The fourth-order valence-corrected chi connectivity index (χ4v) is 5.48. The molecular weight excluding hydrogens is 317 g/mol. The number of hydrogen-bond donors (Lipinski definition) is 1. The number of aromatic hydroxyl groups is 1. The summed E-state index contributed by atoms with van der Waals surface area (Å²) in [5, 5.41) is 11.1. The van der Waals surface area contributed by atoms with Crippen molar-refractivity contribution in [2.75, 3.05) is 7.05 Å². The molecule has 1 aromatic carbocycles. The molecule has 0 radical (unpaired) electrons. The van der Waals surface area contributed by atoms with E-state index in [1.54, 1.807) is 6.07 Å². The molecule has 122 valence electrons. The first-order valence-corrected chi connectivity index (χ1v) is 8.79. The van der Waals surface area contributed by atoms with Gasteiger partial charge < -0.3 is 5.11 Å². The van der Waals surface area contributed by atoms with Crippen molar-refractivity contribution in [1.82, 2.24) is 4.90 Å². The number of hydrogen-bond acceptors (Lipinski definition) is 2. The lowest BCUT2D eigenvalue weighted by Gasteiger charge is -2.43. The van der Waals surface area contributed by atoms with Crippen molar-refractivity contribution in [1.29, 1.82) is 0 Å². The van der Waals surface area contributed by atoms with E-state index in [4.69, 9.17) is 23.2 Å². The predicted octanol–water partition coefficient (Wildman–Crippen LogP) is 5.35. The van der Waals surface area contributed by atoms with E-state index in [1.165, 1.54) is 19.3 Å². The Hall–Kier alpha value is -0.440. The number of nitrogens with zero attached hydrogens (tertiary/aromatic N) is 1. The van der Waals surface area contributed by atoms with E-state index in [9.17, 15) is 5.11 Å². The molecular formula is C18H25Cl2NO. The monoisotopic (exact) mass is 341 g/mol. The Labute approximate surface area is 143 Å². The van der Waals surface area contributed by atoms with Crippen molar-refractivity contribution in [2.24, 2.45) is 16.7 Å². The van der Waals surface area contributed by atoms with E-state index in [0.717, 1.165) is 11.5 Å². The summed E-state index contributed by atoms with van der Waals surface area (Å²) in [7, 11) is 2.15. The summed E-state index contributed by atoms with van der Waals surface area (Å²) in [5.41, 5.74) is 1.54. The van der Waals surface area contributed by atoms with Gasteiger partial charge in [-0.2, -0.15) is 0 Å². The Morgan fingerprint density at radius 2 is 1.95 bits per heavy atom. The number of phenols is 1. The van der Waals surface area contributed by atoms with Crippen LogP contribution in [0.5, 0.6) is 5.75 Å². The molecule has 0 amide bonds. The maximum absolute atomic E-state index is 10.2. The normalized spacial score (nSPS) is 32.9. The van der Waals surface area contributed by atoms with Gasteiger partial charge in [0.2, 0.25) is 0 Å². The maximum Gasteiger partial charge on any atom is 0.138 e. The first-order valence-electron chi connectivity index (χ1n) is 8.04. The summed E-state index contributed by atoms with van der Waals surface area (Å²) in [6.07, 6.45) is 3.89. The average Bonchev–Trinajstić information content (AvgIpc) is 2.76. The van der Waals surface area contributed by atoms with Gasteiger partial charge in [-0.05, 0) is 55.2 Å². The molecule has 3 unspecified atom stereocenters.